The summed E-state index contributed by atoms with van der Waals surface area (Å²) in [6.45, 7) is 1.24. The van der Waals surface area contributed by atoms with E-state index < -0.39 is 40.5 Å². The smallest absolute Gasteiger partial charge is 0.353 e. The van der Waals surface area contributed by atoms with Gasteiger partial charge < -0.3 is 10.4 Å². The van der Waals surface area contributed by atoms with E-state index >= 15 is 0 Å². The van der Waals surface area contributed by atoms with Gasteiger partial charge in [0.1, 0.15) is 0 Å². The van der Waals surface area contributed by atoms with Crippen LogP contribution in [0.1, 0.15) is 21.5 Å². The fraction of sp³-hybridized carbons (Fsp3) is 0.133. The molecule has 2 rings (SSSR count). The lowest BCUT2D eigenvalue weighted by Crippen LogP contribution is -2.27. The van der Waals surface area contributed by atoms with E-state index in [9.17, 15) is 22.4 Å². The van der Waals surface area contributed by atoms with Crippen LogP contribution >= 0.6 is 0 Å². The van der Waals surface area contributed by atoms with E-state index in [2.05, 4.69) is 0 Å². The van der Waals surface area contributed by atoms with Crippen molar-refractivity contribution in [3.8, 4) is 0 Å². The number of benzene rings is 2. The van der Waals surface area contributed by atoms with Gasteiger partial charge in [-0.25, -0.2) is 13.6 Å². The molecule has 0 spiro atoms. The number of aryl methyl sites for hydroxylation is 1. The minimum atomic E-state index is -3.98. The zero-order chi connectivity index (χ0) is 16.5. The second-order valence-electron chi connectivity index (χ2n) is 4.61. The second-order valence-corrected chi connectivity index (χ2v) is 4.61. The molecule has 0 saturated carbocycles. The molecule has 0 aromatic heterocycles. The highest BCUT2D eigenvalue weighted by atomic mass is 19.3. The van der Waals surface area contributed by atoms with Gasteiger partial charge in [0.15, 0.2) is 11.6 Å². The third-order valence-corrected chi connectivity index (χ3v) is 3.06. The molecule has 0 aliphatic rings. The standard InChI is InChI=1S/C15H11F4NO2/c1-8-6-7-10(13(17)12(8)16)15(18,19)20-11-5-3-2-4-9(11)14(21)22/h2-7,20H,1H3,(H,21,22). The molecule has 0 aliphatic carbocycles. The van der Waals surface area contributed by atoms with Crippen LogP contribution in [0, 0.1) is 18.6 Å². The van der Waals surface area contributed by atoms with Gasteiger partial charge in [0.25, 0.3) is 0 Å². The first kappa shape index (κ1) is 15.8. The third-order valence-electron chi connectivity index (χ3n) is 3.06. The number of anilines is 1. The lowest BCUT2D eigenvalue weighted by Gasteiger charge is -2.21. The van der Waals surface area contributed by atoms with Gasteiger partial charge in [-0.3, -0.25) is 0 Å². The highest BCUT2D eigenvalue weighted by molar-refractivity contribution is 5.94. The lowest BCUT2D eigenvalue weighted by atomic mass is 10.1. The Balaban J connectivity index is 2.45. The molecule has 2 aromatic rings. The topological polar surface area (TPSA) is 49.3 Å². The van der Waals surface area contributed by atoms with Crippen molar-refractivity contribution < 1.29 is 27.5 Å². The van der Waals surface area contributed by atoms with Crippen LogP contribution in [0.4, 0.5) is 23.2 Å². The highest BCUT2D eigenvalue weighted by Gasteiger charge is 2.37. The number of carboxylic acid groups (broad SMARTS) is 1. The van der Waals surface area contributed by atoms with Gasteiger partial charge in [-0.15, -0.1) is 0 Å². The largest absolute Gasteiger partial charge is 0.478 e. The number of para-hydroxylation sites is 1. The van der Waals surface area contributed by atoms with Crippen molar-refractivity contribution in [2.24, 2.45) is 0 Å². The molecular weight excluding hydrogens is 302 g/mol. The predicted molar refractivity (Wildman–Crippen MR) is 72.0 cm³/mol. The van der Waals surface area contributed by atoms with Gasteiger partial charge in [0.2, 0.25) is 0 Å². The van der Waals surface area contributed by atoms with Crippen molar-refractivity contribution in [3.05, 3.63) is 64.7 Å². The molecule has 0 heterocycles. The summed E-state index contributed by atoms with van der Waals surface area (Å²) in [7, 11) is 0. The van der Waals surface area contributed by atoms with Crippen LogP contribution in [-0.4, -0.2) is 11.1 Å². The minimum absolute atomic E-state index is 0.108. The average Bonchev–Trinajstić information content (AvgIpc) is 2.44. The summed E-state index contributed by atoms with van der Waals surface area (Å²) in [5.41, 5.74) is -2.12. The van der Waals surface area contributed by atoms with E-state index in [1.165, 1.54) is 19.1 Å². The van der Waals surface area contributed by atoms with Crippen LogP contribution in [0.25, 0.3) is 0 Å². The number of alkyl halides is 2. The predicted octanol–water partition coefficient (Wildman–Crippen LogP) is 4.13. The third kappa shape index (κ3) is 2.88. The van der Waals surface area contributed by atoms with Gasteiger partial charge in [-0.1, -0.05) is 18.2 Å². The first-order chi connectivity index (χ1) is 10.2. The molecule has 3 nitrogen and oxygen atoms in total. The molecule has 0 atom stereocenters. The van der Waals surface area contributed by atoms with Crippen LogP contribution in [0.3, 0.4) is 0 Å². The van der Waals surface area contributed by atoms with Crippen LogP contribution in [0.5, 0.6) is 0 Å². The summed E-state index contributed by atoms with van der Waals surface area (Å²) in [5.74, 6) is -4.47. The first-order valence-corrected chi connectivity index (χ1v) is 6.17. The van der Waals surface area contributed by atoms with E-state index in [-0.39, 0.29) is 5.56 Å². The van der Waals surface area contributed by atoms with Crippen LogP contribution in [0.2, 0.25) is 0 Å². The van der Waals surface area contributed by atoms with Crippen molar-refractivity contribution in [2.75, 3.05) is 5.32 Å². The summed E-state index contributed by atoms with van der Waals surface area (Å²) in [6.07, 6.45) is 0. The molecule has 0 fully saturated rings. The Bertz CT molecular complexity index is 731. The molecule has 0 bridgehead atoms. The lowest BCUT2D eigenvalue weighted by molar-refractivity contribution is 0.0238. The van der Waals surface area contributed by atoms with Gasteiger partial charge in [0.05, 0.1) is 16.8 Å². The number of aromatic carboxylic acids is 1. The van der Waals surface area contributed by atoms with Gasteiger partial charge in [-0.2, -0.15) is 8.78 Å². The molecule has 0 radical (unpaired) electrons. The number of halogens is 4. The van der Waals surface area contributed by atoms with Crippen molar-refractivity contribution >= 4 is 11.7 Å². The quantitative estimate of drug-likeness (QED) is 0.659. The van der Waals surface area contributed by atoms with Crippen LogP contribution in [-0.2, 0) is 6.05 Å². The highest BCUT2D eigenvalue weighted by Crippen LogP contribution is 2.34. The van der Waals surface area contributed by atoms with Crippen molar-refractivity contribution in [3.63, 3.8) is 0 Å². The monoisotopic (exact) mass is 313 g/mol. The molecule has 2 aromatic carbocycles. The fourth-order valence-corrected chi connectivity index (χ4v) is 1.90. The normalized spacial score (nSPS) is 11.3. The maximum absolute atomic E-state index is 14.1. The van der Waals surface area contributed by atoms with Crippen molar-refractivity contribution in [1.29, 1.82) is 0 Å². The van der Waals surface area contributed by atoms with E-state index in [0.29, 0.717) is 0 Å². The molecule has 7 heteroatoms. The maximum Gasteiger partial charge on any atom is 0.353 e. The SMILES string of the molecule is Cc1ccc(C(F)(F)Nc2ccccc2C(=O)O)c(F)c1F. The first-order valence-electron chi connectivity index (χ1n) is 6.17. The summed E-state index contributed by atoms with van der Waals surface area (Å²) >= 11 is 0. The summed E-state index contributed by atoms with van der Waals surface area (Å²) in [6, 6.07) is 2.73. The van der Waals surface area contributed by atoms with E-state index in [4.69, 9.17) is 5.11 Å². The Kier molecular flexibility index (Phi) is 4.07. The Morgan fingerprint density at radius 1 is 1.09 bits per heavy atom. The minimum Gasteiger partial charge on any atom is -0.478 e. The zero-order valence-electron chi connectivity index (χ0n) is 11.3. The van der Waals surface area contributed by atoms with Gasteiger partial charge in [-0.05, 0) is 30.7 Å². The average molecular weight is 313 g/mol. The number of rotatable bonds is 4. The number of carbonyl (C=O) groups is 1. The van der Waals surface area contributed by atoms with Crippen LogP contribution in [0.15, 0.2) is 36.4 Å². The van der Waals surface area contributed by atoms with Gasteiger partial charge >= 0.3 is 12.0 Å². The Hall–Kier alpha value is -2.57. The fourth-order valence-electron chi connectivity index (χ4n) is 1.90. The molecule has 22 heavy (non-hydrogen) atoms. The van der Waals surface area contributed by atoms with Crippen molar-refractivity contribution in [1.82, 2.24) is 0 Å². The number of hydrogen-bond donors (Lipinski definition) is 2. The van der Waals surface area contributed by atoms with Crippen molar-refractivity contribution in [2.45, 2.75) is 13.0 Å². The van der Waals surface area contributed by atoms with E-state index in [0.717, 1.165) is 24.3 Å². The summed E-state index contributed by atoms with van der Waals surface area (Å²) in [5, 5.41) is 10.6. The van der Waals surface area contributed by atoms with E-state index in [1.54, 1.807) is 5.32 Å². The zero-order valence-corrected chi connectivity index (χ0v) is 11.3. The summed E-state index contributed by atoms with van der Waals surface area (Å²) < 4.78 is 55.4. The maximum atomic E-state index is 14.1. The van der Waals surface area contributed by atoms with E-state index in [1.807, 2.05) is 0 Å². The van der Waals surface area contributed by atoms with Gasteiger partial charge in [0, 0.05) is 0 Å². The number of hydrogen-bond acceptors (Lipinski definition) is 2. The molecule has 0 saturated heterocycles. The number of nitrogens with one attached hydrogen (secondary N) is 1. The summed E-state index contributed by atoms with van der Waals surface area (Å²) in [4.78, 5) is 11.0. The Morgan fingerprint density at radius 3 is 2.36 bits per heavy atom. The molecule has 0 aliphatic heterocycles. The Morgan fingerprint density at radius 2 is 1.73 bits per heavy atom. The Labute approximate surface area is 123 Å². The molecule has 2 N–H and O–H groups in total. The molecule has 0 amide bonds. The molecule has 0 unspecified atom stereocenters. The van der Waals surface area contributed by atoms with Crippen LogP contribution < -0.4 is 5.32 Å². The number of carboxylic acids is 1. The molecule has 116 valence electrons. The second kappa shape index (κ2) is 5.67. The molecular formula is C15H11F4NO2.